The van der Waals surface area contributed by atoms with Crippen molar-refractivity contribution in [2.75, 3.05) is 19.8 Å². The number of aliphatic hydroxyl groups is 2. The first kappa shape index (κ1) is 31.3. The second-order valence-electron chi connectivity index (χ2n) is 8.21. The fraction of sp³-hybridized carbons (Fsp3) is 0.909. The summed E-state index contributed by atoms with van der Waals surface area (Å²) in [5.41, 5.74) is 0. The van der Waals surface area contributed by atoms with E-state index in [1.54, 1.807) is 0 Å². The van der Waals surface area contributed by atoms with Crippen LogP contribution in [-0.2, 0) is 19.1 Å². The molecule has 0 fully saturated rings. The van der Waals surface area contributed by atoms with Crippen LogP contribution in [0.2, 0.25) is 0 Å². The molecule has 0 aliphatic rings. The average molecular weight is 484 g/mol. The number of esters is 1. The third-order valence-corrected chi connectivity index (χ3v) is 6.24. The molecule has 0 amide bonds. The van der Waals surface area contributed by atoms with Crippen LogP contribution in [0, 0.1) is 0 Å². The van der Waals surface area contributed by atoms with Crippen LogP contribution in [-0.4, -0.2) is 68.4 Å². The Hall–Kier alpha value is -0.670. The first-order valence-corrected chi connectivity index (χ1v) is 13.6. The van der Waals surface area contributed by atoms with Crippen LogP contribution in [0.25, 0.3) is 0 Å². The molecule has 0 aliphatic carbocycles. The molecule has 0 aromatic rings. The predicted molar refractivity (Wildman–Crippen MR) is 123 cm³/mol. The lowest BCUT2D eigenvalue weighted by Crippen LogP contribution is -2.35. The van der Waals surface area contributed by atoms with Gasteiger partial charge >= 0.3 is 19.8 Å². The van der Waals surface area contributed by atoms with E-state index in [1.165, 1.54) is 57.8 Å². The predicted octanol–water partition coefficient (Wildman–Crippen LogP) is 3.02. The minimum Gasteiger partial charge on any atom is -0.457 e. The van der Waals surface area contributed by atoms with Crippen molar-refractivity contribution < 1.29 is 44.0 Å². The highest BCUT2D eigenvalue weighted by Gasteiger charge is 2.49. The Morgan fingerprint density at radius 1 is 0.781 bits per heavy atom. The normalized spacial score (nSPS) is 13.7. The van der Waals surface area contributed by atoms with E-state index in [9.17, 15) is 29.4 Å². The van der Waals surface area contributed by atoms with Gasteiger partial charge in [0.25, 0.3) is 0 Å². The Kier molecular flexibility index (Phi) is 19.4. The molecule has 5 N–H and O–H groups in total. The van der Waals surface area contributed by atoms with Crippen LogP contribution >= 0.6 is 7.94 Å². The Balaban J connectivity index is 3.83. The molecule has 0 aromatic carbocycles. The number of carbonyl (C=O) groups is 2. The van der Waals surface area contributed by atoms with Crippen molar-refractivity contribution in [1.82, 2.24) is 0 Å². The van der Waals surface area contributed by atoms with Crippen molar-refractivity contribution in [3.05, 3.63) is 0 Å². The number of hydrogen-bond acceptors (Lipinski definition) is 9. The molecule has 0 spiro atoms. The lowest BCUT2D eigenvalue weighted by molar-refractivity contribution is -0.156. The molecule has 0 radical (unpaired) electrons. The monoisotopic (exact) mass is 483 g/mol. The summed E-state index contributed by atoms with van der Waals surface area (Å²) in [7, 11) is -4.70. The molecular formula is C22H44O9P+. The molecule has 0 heterocycles. The van der Waals surface area contributed by atoms with Crippen LogP contribution in [0.1, 0.15) is 96.8 Å². The molecule has 190 valence electrons. The van der Waals surface area contributed by atoms with Gasteiger partial charge in [-0.3, -0.25) is 9.59 Å². The third kappa shape index (κ3) is 16.9. The SMILES string of the molecule is CCCCCCCCCCCCCCCC(=O)O[C@@H](CO)COC(C(=O)CO)[P+](O)(O)O. The third-order valence-electron chi connectivity index (χ3n) is 5.17. The molecule has 32 heavy (non-hydrogen) atoms. The average Bonchev–Trinajstić information content (AvgIpc) is 2.75. The summed E-state index contributed by atoms with van der Waals surface area (Å²) in [6.07, 6.45) is 14.6. The number of rotatable bonds is 22. The van der Waals surface area contributed by atoms with Gasteiger partial charge in [-0.25, -0.2) is 0 Å². The Bertz CT molecular complexity index is 483. The van der Waals surface area contributed by atoms with Gasteiger partial charge in [0.2, 0.25) is 5.78 Å². The lowest BCUT2D eigenvalue weighted by Gasteiger charge is -2.20. The molecule has 0 saturated heterocycles. The van der Waals surface area contributed by atoms with Gasteiger partial charge in [0, 0.05) is 6.42 Å². The van der Waals surface area contributed by atoms with Crippen LogP contribution in [0.5, 0.6) is 0 Å². The number of ether oxygens (including phenoxy) is 2. The second-order valence-corrected chi connectivity index (χ2v) is 9.91. The lowest BCUT2D eigenvalue weighted by atomic mass is 10.0. The molecule has 0 aliphatic heterocycles. The maximum atomic E-state index is 11.9. The smallest absolute Gasteiger partial charge is 0.443 e. The zero-order valence-corrected chi connectivity index (χ0v) is 20.4. The van der Waals surface area contributed by atoms with E-state index < -0.39 is 51.5 Å². The first-order chi connectivity index (χ1) is 15.3. The van der Waals surface area contributed by atoms with E-state index in [-0.39, 0.29) is 6.42 Å². The molecule has 0 saturated carbocycles. The summed E-state index contributed by atoms with van der Waals surface area (Å²) in [5, 5.41) is 18.1. The molecule has 1 unspecified atom stereocenters. The van der Waals surface area contributed by atoms with Gasteiger partial charge in [-0.05, 0) is 6.42 Å². The van der Waals surface area contributed by atoms with E-state index in [1.807, 2.05) is 0 Å². The molecule has 9 nitrogen and oxygen atoms in total. The number of unbranched alkanes of at least 4 members (excludes halogenated alkanes) is 12. The van der Waals surface area contributed by atoms with Crippen molar-refractivity contribution in [3.8, 4) is 0 Å². The van der Waals surface area contributed by atoms with E-state index >= 15 is 0 Å². The van der Waals surface area contributed by atoms with Crippen molar-refractivity contribution in [3.63, 3.8) is 0 Å². The van der Waals surface area contributed by atoms with Crippen molar-refractivity contribution >= 4 is 19.7 Å². The largest absolute Gasteiger partial charge is 0.457 e. The van der Waals surface area contributed by atoms with Crippen LogP contribution in [0.15, 0.2) is 0 Å². The Morgan fingerprint density at radius 3 is 1.66 bits per heavy atom. The number of carbonyl (C=O) groups excluding carboxylic acids is 2. The highest BCUT2D eigenvalue weighted by Crippen LogP contribution is 2.51. The van der Waals surface area contributed by atoms with Gasteiger partial charge in [0.1, 0.15) is 12.7 Å². The topological polar surface area (TPSA) is 154 Å². The number of aliphatic hydroxyl groups excluding tert-OH is 2. The van der Waals surface area contributed by atoms with E-state index in [0.717, 1.165) is 19.3 Å². The quantitative estimate of drug-likeness (QED) is 0.0888. The number of ketones is 1. The maximum absolute atomic E-state index is 11.9. The second kappa shape index (κ2) is 19.8. The van der Waals surface area contributed by atoms with Crippen LogP contribution < -0.4 is 0 Å². The number of Topliss-reactive ketones (excluding diaryl/α,β-unsaturated/α-hetero) is 1. The molecular weight excluding hydrogens is 439 g/mol. The van der Waals surface area contributed by atoms with Gasteiger partial charge < -0.3 is 19.7 Å². The van der Waals surface area contributed by atoms with Crippen molar-refractivity contribution in [1.29, 1.82) is 0 Å². The van der Waals surface area contributed by atoms with E-state index in [4.69, 9.17) is 14.6 Å². The summed E-state index contributed by atoms with van der Waals surface area (Å²) in [5.74, 6) is -3.69. The Labute approximate surface area is 192 Å². The maximum Gasteiger partial charge on any atom is 0.443 e. The van der Waals surface area contributed by atoms with Crippen LogP contribution in [0.3, 0.4) is 0 Å². The first-order valence-electron chi connectivity index (χ1n) is 11.9. The summed E-state index contributed by atoms with van der Waals surface area (Å²) < 4.78 is 9.95. The summed E-state index contributed by atoms with van der Waals surface area (Å²) in [6.45, 7) is 0.0416. The number of hydrogen-bond donors (Lipinski definition) is 5. The highest BCUT2D eigenvalue weighted by atomic mass is 31.2. The van der Waals surface area contributed by atoms with Gasteiger partial charge in [-0.2, -0.15) is 14.7 Å². The summed E-state index contributed by atoms with van der Waals surface area (Å²) in [6, 6.07) is 0. The van der Waals surface area contributed by atoms with Gasteiger partial charge in [-0.15, -0.1) is 0 Å². The molecule has 10 heteroatoms. The molecule has 2 atom stereocenters. The fourth-order valence-electron chi connectivity index (χ4n) is 3.32. The van der Waals surface area contributed by atoms with E-state index in [0.29, 0.717) is 6.42 Å². The minimum atomic E-state index is -4.70. The zero-order chi connectivity index (χ0) is 24.2. The highest BCUT2D eigenvalue weighted by molar-refractivity contribution is 7.60. The Morgan fingerprint density at radius 2 is 1.25 bits per heavy atom. The standard InChI is InChI=1S/C22H44O9P/c1-2-3-4-5-6-7-8-9-10-11-12-13-14-15-21(26)31-19(16-23)18-30-22(20(25)17-24)32(27,28)29/h19,22-24,27-29H,2-18H2,1H3/q+1/t19-,22?/m0/s1. The van der Waals surface area contributed by atoms with Gasteiger partial charge in [0.15, 0.2) is 0 Å². The molecule has 0 bridgehead atoms. The van der Waals surface area contributed by atoms with Gasteiger partial charge in [0.05, 0.1) is 13.2 Å². The van der Waals surface area contributed by atoms with Crippen molar-refractivity contribution in [2.24, 2.45) is 0 Å². The van der Waals surface area contributed by atoms with E-state index in [2.05, 4.69) is 6.92 Å². The zero-order valence-electron chi connectivity index (χ0n) is 19.5. The fourth-order valence-corrected chi connectivity index (χ4v) is 4.07. The van der Waals surface area contributed by atoms with Crippen LogP contribution in [0.4, 0.5) is 0 Å². The minimum absolute atomic E-state index is 0.185. The summed E-state index contributed by atoms with van der Waals surface area (Å²) in [4.78, 5) is 51.0. The van der Waals surface area contributed by atoms with Crippen molar-refractivity contribution in [2.45, 2.75) is 109 Å². The molecule has 0 rings (SSSR count). The molecule has 0 aromatic heterocycles. The van der Waals surface area contributed by atoms with Gasteiger partial charge in [-0.1, -0.05) is 84.0 Å². The summed E-state index contributed by atoms with van der Waals surface area (Å²) >= 11 is 0.